The standard InChI is InChI=1S/C21H20N6O/c28-21(27-11-2-1-3-12-27)18-16-7-6-15(13-14(16)8-10-22-18)24-20-17-5-4-9-23-19(17)25-26-20/h4-10,13H,1-3,11-12H2,(H2,23,24,25,26). The SMILES string of the molecule is O=C(c1nccc2cc(Nc3n[nH]c4ncccc34)ccc12)N1CCCCC1. The number of fused-ring (bicyclic) bond motifs is 2. The Kier molecular flexibility index (Phi) is 4.12. The summed E-state index contributed by atoms with van der Waals surface area (Å²) in [7, 11) is 0. The van der Waals surface area contributed by atoms with Gasteiger partial charge < -0.3 is 10.2 Å². The normalized spacial score (nSPS) is 14.5. The largest absolute Gasteiger partial charge is 0.338 e. The third kappa shape index (κ3) is 2.94. The Balaban J connectivity index is 1.47. The second-order valence-corrected chi connectivity index (χ2v) is 7.05. The summed E-state index contributed by atoms with van der Waals surface area (Å²) in [5, 5.41) is 13.3. The zero-order chi connectivity index (χ0) is 18.9. The molecule has 0 spiro atoms. The molecule has 28 heavy (non-hydrogen) atoms. The van der Waals surface area contributed by atoms with Crippen molar-refractivity contribution in [2.75, 3.05) is 18.4 Å². The van der Waals surface area contributed by atoms with Crippen molar-refractivity contribution in [2.45, 2.75) is 19.3 Å². The smallest absolute Gasteiger partial charge is 0.273 e. The van der Waals surface area contributed by atoms with Gasteiger partial charge in [0.05, 0.1) is 5.39 Å². The maximum atomic E-state index is 12.9. The van der Waals surface area contributed by atoms with Crippen LogP contribution < -0.4 is 5.32 Å². The third-order valence-corrected chi connectivity index (χ3v) is 5.21. The van der Waals surface area contributed by atoms with E-state index in [4.69, 9.17) is 0 Å². The summed E-state index contributed by atoms with van der Waals surface area (Å²) in [6.07, 6.45) is 6.76. The van der Waals surface area contributed by atoms with Crippen LogP contribution in [-0.4, -0.2) is 44.1 Å². The number of amides is 1. The van der Waals surface area contributed by atoms with E-state index in [2.05, 4.69) is 25.5 Å². The van der Waals surface area contributed by atoms with Gasteiger partial charge in [0.25, 0.3) is 5.91 Å². The minimum absolute atomic E-state index is 0.0235. The summed E-state index contributed by atoms with van der Waals surface area (Å²) in [5.41, 5.74) is 2.16. The van der Waals surface area contributed by atoms with Crippen molar-refractivity contribution in [3.8, 4) is 0 Å². The van der Waals surface area contributed by atoms with Crippen LogP contribution in [0.4, 0.5) is 11.5 Å². The van der Waals surface area contributed by atoms with Crippen LogP contribution in [0.1, 0.15) is 29.8 Å². The quantitative estimate of drug-likeness (QED) is 0.570. The van der Waals surface area contributed by atoms with Crippen LogP contribution in [-0.2, 0) is 0 Å². The highest BCUT2D eigenvalue weighted by atomic mass is 16.2. The molecule has 1 aliphatic rings. The molecule has 0 atom stereocenters. The van der Waals surface area contributed by atoms with E-state index in [1.807, 2.05) is 41.3 Å². The van der Waals surface area contributed by atoms with E-state index in [9.17, 15) is 4.79 Å². The van der Waals surface area contributed by atoms with Crippen LogP contribution >= 0.6 is 0 Å². The van der Waals surface area contributed by atoms with E-state index in [1.54, 1.807) is 12.4 Å². The molecular weight excluding hydrogens is 352 g/mol. The van der Waals surface area contributed by atoms with Crippen molar-refractivity contribution in [1.82, 2.24) is 25.1 Å². The number of nitrogens with one attached hydrogen (secondary N) is 2. The molecule has 3 aromatic heterocycles. The number of carbonyl (C=O) groups excluding carboxylic acids is 1. The molecule has 0 radical (unpaired) electrons. The number of benzene rings is 1. The average molecular weight is 372 g/mol. The maximum Gasteiger partial charge on any atom is 0.273 e. The Labute approximate surface area is 161 Å². The lowest BCUT2D eigenvalue weighted by molar-refractivity contribution is 0.0720. The number of rotatable bonds is 3. The minimum atomic E-state index is 0.0235. The van der Waals surface area contributed by atoms with Gasteiger partial charge in [0.2, 0.25) is 0 Å². The predicted molar refractivity (Wildman–Crippen MR) is 109 cm³/mol. The number of piperidine rings is 1. The molecule has 0 unspecified atom stereocenters. The van der Waals surface area contributed by atoms with Crippen LogP contribution in [0.5, 0.6) is 0 Å². The van der Waals surface area contributed by atoms with E-state index in [0.29, 0.717) is 5.69 Å². The lowest BCUT2D eigenvalue weighted by Gasteiger charge is -2.26. The Bertz CT molecular complexity index is 1160. The number of H-pyrrole nitrogens is 1. The number of hydrogen-bond acceptors (Lipinski definition) is 5. The Morgan fingerprint density at radius 1 is 1.00 bits per heavy atom. The molecular formula is C21H20N6O. The maximum absolute atomic E-state index is 12.9. The number of likely N-dealkylation sites (tertiary alicyclic amines) is 1. The molecule has 140 valence electrons. The molecule has 1 saturated heterocycles. The van der Waals surface area contributed by atoms with Crippen molar-refractivity contribution in [3.63, 3.8) is 0 Å². The van der Waals surface area contributed by atoms with Gasteiger partial charge in [-0.05, 0) is 61.0 Å². The second kappa shape index (κ2) is 6.92. The molecule has 7 nitrogen and oxygen atoms in total. The van der Waals surface area contributed by atoms with E-state index in [0.717, 1.165) is 59.2 Å². The number of carbonyl (C=O) groups is 1. The molecule has 1 aliphatic heterocycles. The Hall–Kier alpha value is -3.48. The molecule has 1 aromatic carbocycles. The fourth-order valence-corrected chi connectivity index (χ4v) is 3.76. The second-order valence-electron chi connectivity index (χ2n) is 7.05. The fraction of sp³-hybridized carbons (Fsp3) is 0.238. The molecule has 0 aliphatic carbocycles. The molecule has 1 fully saturated rings. The van der Waals surface area contributed by atoms with Gasteiger partial charge in [-0.1, -0.05) is 0 Å². The molecule has 5 rings (SSSR count). The highest BCUT2D eigenvalue weighted by molar-refractivity contribution is 6.06. The number of anilines is 2. The van der Waals surface area contributed by atoms with Gasteiger partial charge in [0.1, 0.15) is 5.69 Å². The summed E-state index contributed by atoms with van der Waals surface area (Å²) >= 11 is 0. The summed E-state index contributed by atoms with van der Waals surface area (Å²) in [6.45, 7) is 1.63. The van der Waals surface area contributed by atoms with Gasteiger partial charge in [-0.3, -0.25) is 14.9 Å². The summed E-state index contributed by atoms with van der Waals surface area (Å²) in [6, 6.07) is 11.7. The van der Waals surface area contributed by atoms with Gasteiger partial charge in [-0.2, -0.15) is 5.10 Å². The molecule has 0 bridgehead atoms. The lowest BCUT2D eigenvalue weighted by Crippen LogP contribution is -2.36. The highest BCUT2D eigenvalue weighted by Gasteiger charge is 2.21. The number of hydrogen-bond donors (Lipinski definition) is 2. The van der Waals surface area contributed by atoms with Crippen molar-refractivity contribution in [3.05, 3.63) is 54.5 Å². The summed E-state index contributed by atoms with van der Waals surface area (Å²) in [4.78, 5) is 23.5. The third-order valence-electron chi connectivity index (χ3n) is 5.21. The molecule has 4 aromatic rings. The average Bonchev–Trinajstić information content (AvgIpc) is 3.16. The van der Waals surface area contributed by atoms with Crippen molar-refractivity contribution >= 4 is 39.2 Å². The van der Waals surface area contributed by atoms with Gasteiger partial charge in [-0.25, -0.2) is 4.98 Å². The molecule has 1 amide bonds. The number of aromatic amines is 1. The van der Waals surface area contributed by atoms with Gasteiger partial charge >= 0.3 is 0 Å². The number of aromatic nitrogens is 4. The zero-order valence-electron chi connectivity index (χ0n) is 15.4. The summed E-state index contributed by atoms with van der Waals surface area (Å²) in [5.74, 6) is 0.747. The molecule has 7 heteroatoms. The van der Waals surface area contributed by atoms with E-state index in [-0.39, 0.29) is 5.91 Å². The minimum Gasteiger partial charge on any atom is -0.338 e. The lowest BCUT2D eigenvalue weighted by atomic mass is 10.1. The van der Waals surface area contributed by atoms with Crippen LogP contribution in [0.2, 0.25) is 0 Å². The first kappa shape index (κ1) is 16.7. The van der Waals surface area contributed by atoms with Crippen LogP contribution in [0.15, 0.2) is 48.8 Å². The molecule has 2 N–H and O–H groups in total. The van der Waals surface area contributed by atoms with Crippen LogP contribution in [0, 0.1) is 0 Å². The predicted octanol–water partition coefficient (Wildman–Crippen LogP) is 3.88. The van der Waals surface area contributed by atoms with Gasteiger partial charge in [0, 0.05) is 36.6 Å². The Morgan fingerprint density at radius 2 is 1.89 bits per heavy atom. The Morgan fingerprint density at radius 3 is 2.79 bits per heavy atom. The van der Waals surface area contributed by atoms with E-state index >= 15 is 0 Å². The van der Waals surface area contributed by atoms with Gasteiger partial charge in [0.15, 0.2) is 11.5 Å². The molecule has 0 saturated carbocycles. The monoisotopic (exact) mass is 372 g/mol. The first-order valence-corrected chi connectivity index (χ1v) is 9.54. The topological polar surface area (TPSA) is 86.8 Å². The van der Waals surface area contributed by atoms with Crippen LogP contribution in [0.25, 0.3) is 21.8 Å². The first-order chi connectivity index (χ1) is 13.8. The molecule has 4 heterocycles. The highest BCUT2D eigenvalue weighted by Crippen LogP contribution is 2.27. The van der Waals surface area contributed by atoms with E-state index < -0.39 is 0 Å². The first-order valence-electron chi connectivity index (χ1n) is 9.54. The fourth-order valence-electron chi connectivity index (χ4n) is 3.76. The van der Waals surface area contributed by atoms with E-state index in [1.165, 1.54) is 6.42 Å². The van der Waals surface area contributed by atoms with Crippen molar-refractivity contribution in [2.24, 2.45) is 0 Å². The van der Waals surface area contributed by atoms with Crippen molar-refractivity contribution in [1.29, 1.82) is 0 Å². The van der Waals surface area contributed by atoms with Gasteiger partial charge in [-0.15, -0.1) is 0 Å². The number of nitrogens with zero attached hydrogens (tertiary/aromatic N) is 4. The van der Waals surface area contributed by atoms with Crippen molar-refractivity contribution < 1.29 is 4.79 Å². The number of pyridine rings is 2. The summed E-state index contributed by atoms with van der Waals surface area (Å²) < 4.78 is 0. The zero-order valence-corrected chi connectivity index (χ0v) is 15.4. The van der Waals surface area contributed by atoms with Crippen LogP contribution in [0.3, 0.4) is 0 Å².